The first-order valence-corrected chi connectivity index (χ1v) is 9.97. The highest BCUT2D eigenvalue weighted by atomic mass is 35.5. The number of pyridine rings is 1. The van der Waals surface area contributed by atoms with Crippen molar-refractivity contribution in [2.45, 2.75) is 13.3 Å². The van der Waals surface area contributed by atoms with E-state index < -0.39 is 0 Å². The van der Waals surface area contributed by atoms with Crippen LogP contribution in [-0.2, 0) is 4.79 Å². The Morgan fingerprint density at radius 2 is 1.82 bits per heavy atom. The molecule has 28 heavy (non-hydrogen) atoms. The number of hydrogen-bond acceptors (Lipinski definition) is 4. The molecular formula is C21H23ClN4O2. The highest BCUT2D eigenvalue weighted by molar-refractivity contribution is 6.29. The summed E-state index contributed by atoms with van der Waals surface area (Å²) < 4.78 is 0. The van der Waals surface area contributed by atoms with E-state index in [-0.39, 0.29) is 17.7 Å². The van der Waals surface area contributed by atoms with Crippen molar-refractivity contribution < 1.29 is 9.59 Å². The zero-order chi connectivity index (χ0) is 19.7. The number of anilines is 2. The Morgan fingerprint density at radius 3 is 2.50 bits per heavy atom. The molecule has 1 aliphatic heterocycles. The van der Waals surface area contributed by atoms with Gasteiger partial charge in [0.25, 0.3) is 5.91 Å². The fraction of sp³-hybridized carbons (Fsp3) is 0.381. The zero-order valence-electron chi connectivity index (χ0n) is 15.8. The van der Waals surface area contributed by atoms with Crippen LogP contribution < -0.4 is 10.2 Å². The molecule has 2 aromatic rings. The van der Waals surface area contributed by atoms with E-state index in [1.807, 2.05) is 29.2 Å². The third-order valence-corrected chi connectivity index (χ3v) is 5.63. The molecule has 2 atom stereocenters. The Morgan fingerprint density at radius 1 is 1.11 bits per heavy atom. The quantitative estimate of drug-likeness (QED) is 0.802. The molecule has 1 saturated heterocycles. The average molecular weight is 399 g/mol. The van der Waals surface area contributed by atoms with Gasteiger partial charge in [-0.2, -0.15) is 0 Å². The average Bonchev–Trinajstić information content (AvgIpc) is 3.45. The lowest BCUT2D eigenvalue weighted by molar-refractivity contribution is -0.117. The number of rotatable bonds is 4. The molecule has 1 N–H and O–H groups in total. The molecule has 0 radical (unpaired) electrons. The molecule has 0 spiro atoms. The van der Waals surface area contributed by atoms with Gasteiger partial charge in [-0.05, 0) is 42.7 Å². The van der Waals surface area contributed by atoms with Crippen molar-refractivity contribution in [1.82, 2.24) is 9.88 Å². The smallest absolute Gasteiger partial charge is 0.254 e. The van der Waals surface area contributed by atoms with Crippen molar-refractivity contribution in [3.05, 3.63) is 53.2 Å². The number of benzene rings is 1. The molecular weight excluding hydrogens is 376 g/mol. The predicted molar refractivity (Wildman–Crippen MR) is 110 cm³/mol. The highest BCUT2D eigenvalue weighted by Gasteiger charge is 2.39. The van der Waals surface area contributed by atoms with Gasteiger partial charge in [-0.25, -0.2) is 4.98 Å². The monoisotopic (exact) mass is 398 g/mol. The van der Waals surface area contributed by atoms with E-state index in [1.165, 1.54) is 0 Å². The number of piperazine rings is 1. The fourth-order valence-corrected chi connectivity index (χ4v) is 3.71. The van der Waals surface area contributed by atoms with Gasteiger partial charge < -0.3 is 15.1 Å². The minimum atomic E-state index is -0.0189. The maximum Gasteiger partial charge on any atom is 0.254 e. The van der Waals surface area contributed by atoms with Crippen molar-refractivity contribution in [3.8, 4) is 0 Å². The largest absolute Gasteiger partial charge is 0.353 e. The van der Waals surface area contributed by atoms with Crippen LogP contribution in [0, 0.1) is 11.8 Å². The summed E-state index contributed by atoms with van der Waals surface area (Å²) >= 11 is 5.97. The number of halogens is 1. The first-order valence-electron chi connectivity index (χ1n) is 9.59. The Balaban J connectivity index is 1.37. The normalized spacial score (nSPS) is 21.4. The molecule has 2 unspecified atom stereocenters. The van der Waals surface area contributed by atoms with Gasteiger partial charge in [-0.15, -0.1) is 0 Å². The van der Waals surface area contributed by atoms with E-state index >= 15 is 0 Å². The van der Waals surface area contributed by atoms with Gasteiger partial charge in [0.2, 0.25) is 5.91 Å². The lowest BCUT2D eigenvalue weighted by Crippen LogP contribution is -2.49. The van der Waals surface area contributed by atoms with E-state index in [0.717, 1.165) is 12.2 Å². The predicted octanol–water partition coefficient (Wildman–Crippen LogP) is 3.29. The maximum absolute atomic E-state index is 12.9. The van der Waals surface area contributed by atoms with Crippen LogP contribution in [0.3, 0.4) is 0 Å². The number of carbonyl (C=O) groups is 2. The molecule has 2 aliphatic rings. The molecule has 0 bridgehead atoms. The van der Waals surface area contributed by atoms with E-state index in [2.05, 4.69) is 22.1 Å². The zero-order valence-corrected chi connectivity index (χ0v) is 16.5. The minimum absolute atomic E-state index is 0.0189. The van der Waals surface area contributed by atoms with Crippen molar-refractivity contribution in [2.75, 3.05) is 36.4 Å². The van der Waals surface area contributed by atoms with Gasteiger partial charge in [-0.3, -0.25) is 9.59 Å². The number of nitrogens with one attached hydrogen (secondary N) is 1. The summed E-state index contributed by atoms with van der Waals surface area (Å²) in [7, 11) is 0. The molecule has 2 heterocycles. The molecule has 7 heteroatoms. The van der Waals surface area contributed by atoms with Crippen LogP contribution in [0.2, 0.25) is 5.15 Å². The van der Waals surface area contributed by atoms with Crippen molar-refractivity contribution >= 4 is 34.9 Å². The van der Waals surface area contributed by atoms with E-state index in [0.29, 0.717) is 48.5 Å². The second-order valence-corrected chi connectivity index (χ2v) is 7.87. The van der Waals surface area contributed by atoms with Crippen LogP contribution >= 0.6 is 11.6 Å². The van der Waals surface area contributed by atoms with Gasteiger partial charge in [0, 0.05) is 43.3 Å². The summed E-state index contributed by atoms with van der Waals surface area (Å²) in [6.07, 6.45) is 0.941. The highest BCUT2D eigenvalue weighted by Crippen LogP contribution is 2.38. The molecule has 2 fully saturated rings. The molecule has 1 aromatic heterocycles. The second kappa shape index (κ2) is 7.80. The molecule has 1 aromatic carbocycles. The number of aromatic nitrogens is 1. The molecule has 2 amide bonds. The van der Waals surface area contributed by atoms with Crippen molar-refractivity contribution in [3.63, 3.8) is 0 Å². The Bertz CT molecular complexity index is 895. The summed E-state index contributed by atoms with van der Waals surface area (Å²) in [5.41, 5.74) is 1.27. The van der Waals surface area contributed by atoms with Crippen LogP contribution in [0.4, 0.5) is 11.5 Å². The van der Waals surface area contributed by atoms with Crippen LogP contribution in [0.5, 0.6) is 0 Å². The lowest BCUT2D eigenvalue weighted by atomic mass is 10.1. The summed E-state index contributed by atoms with van der Waals surface area (Å²) in [6.45, 7) is 4.71. The summed E-state index contributed by atoms with van der Waals surface area (Å²) in [5, 5.41) is 3.40. The molecule has 4 rings (SSSR count). The topological polar surface area (TPSA) is 65.5 Å². The number of hydrogen-bond donors (Lipinski definition) is 1. The third kappa shape index (κ3) is 4.12. The van der Waals surface area contributed by atoms with E-state index in [4.69, 9.17) is 11.6 Å². The number of carbonyl (C=O) groups excluding carboxylic acids is 2. The number of nitrogens with zero attached hydrogens (tertiary/aromatic N) is 3. The van der Waals surface area contributed by atoms with Crippen LogP contribution in [0.1, 0.15) is 23.7 Å². The Hall–Kier alpha value is -2.60. The van der Waals surface area contributed by atoms with Gasteiger partial charge in [0.1, 0.15) is 11.0 Å². The van der Waals surface area contributed by atoms with E-state index in [1.54, 1.807) is 18.2 Å². The van der Waals surface area contributed by atoms with Crippen LogP contribution in [0.25, 0.3) is 0 Å². The second-order valence-electron chi connectivity index (χ2n) is 7.49. The Kier molecular flexibility index (Phi) is 5.22. The molecule has 6 nitrogen and oxygen atoms in total. The van der Waals surface area contributed by atoms with Crippen molar-refractivity contribution in [2.24, 2.45) is 11.8 Å². The Labute approximate surface area is 169 Å². The van der Waals surface area contributed by atoms with Gasteiger partial charge in [0.15, 0.2) is 0 Å². The summed E-state index contributed by atoms with van der Waals surface area (Å²) in [4.78, 5) is 33.3. The van der Waals surface area contributed by atoms with Crippen molar-refractivity contribution in [1.29, 1.82) is 0 Å². The van der Waals surface area contributed by atoms with Crippen LogP contribution in [-0.4, -0.2) is 47.9 Å². The molecule has 1 saturated carbocycles. The summed E-state index contributed by atoms with van der Waals surface area (Å²) in [6, 6.07) is 12.7. The SMILES string of the molecule is CC1CC1C(=O)Nc1cccc(C(=O)N2CCN(c3cccc(Cl)n3)CC2)c1. The fourth-order valence-electron chi connectivity index (χ4n) is 3.55. The lowest BCUT2D eigenvalue weighted by Gasteiger charge is -2.35. The minimum Gasteiger partial charge on any atom is -0.353 e. The standard InChI is InChI=1S/C21H23ClN4O2/c1-14-12-17(14)20(27)23-16-5-2-4-15(13-16)21(28)26-10-8-25(9-11-26)19-7-3-6-18(22)24-19/h2-7,13-14,17H,8-12H2,1H3,(H,23,27). The van der Waals surface area contributed by atoms with Crippen LogP contribution in [0.15, 0.2) is 42.5 Å². The maximum atomic E-state index is 12.9. The number of amides is 2. The molecule has 1 aliphatic carbocycles. The van der Waals surface area contributed by atoms with Gasteiger partial charge in [-0.1, -0.05) is 30.7 Å². The first kappa shape index (κ1) is 18.7. The summed E-state index contributed by atoms with van der Waals surface area (Å²) in [5.74, 6) is 1.41. The molecule has 146 valence electrons. The third-order valence-electron chi connectivity index (χ3n) is 5.41. The van der Waals surface area contributed by atoms with Gasteiger partial charge in [0.05, 0.1) is 0 Å². The van der Waals surface area contributed by atoms with E-state index in [9.17, 15) is 9.59 Å². The first-order chi connectivity index (χ1) is 13.5. The van der Waals surface area contributed by atoms with Gasteiger partial charge >= 0.3 is 0 Å².